The van der Waals surface area contributed by atoms with E-state index in [1.54, 1.807) is 0 Å². The molecule has 2 N–H and O–H groups in total. The van der Waals surface area contributed by atoms with E-state index in [4.69, 9.17) is 14.7 Å². The van der Waals surface area contributed by atoms with Crippen LogP contribution in [0, 0.1) is 0 Å². The van der Waals surface area contributed by atoms with Crippen LogP contribution >= 0.6 is 0 Å². The number of nitrogens with one attached hydrogen (secondary N) is 2. The number of carbonyl (C=O) groups is 1. The molecule has 0 bridgehead atoms. The first-order chi connectivity index (χ1) is 18.2. The van der Waals surface area contributed by atoms with Crippen LogP contribution in [0.3, 0.4) is 0 Å². The number of para-hydroxylation sites is 1. The number of anilines is 1. The largest absolute Gasteiger partial charge is 0.444 e. The molecular formula is C28H23N7O2. The number of rotatable bonds is 2. The van der Waals surface area contributed by atoms with Gasteiger partial charge < -0.3 is 19.9 Å². The Bertz CT molecular complexity index is 1770. The molecule has 4 aromatic heterocycles. The molecule has 2 saturated carbocycles. The summed E-state index contributed by atoms with van der Waals surface area (Å²) in [7, 11) is 0. The van der Waals surface area contributed by atoms with Crippen LogP contribution in [0.4, 0.5) is 10.6 Å². The third kappa shape index (κ3) is 2.61. The van der Waals surface area contributed by atoms with Gasteiger partial charge in [-0.1, -0.05) is 18.2 Å². The summed E-state index contributed by atoms with van der Waals surface area (Å²) in [5.41, 5.74) is 4.97. The summed E-state index contributed by atoms with van der Waals surface area (Å²) in [6.07, 6.45) is 9.29. The van der Waals surface area contributed by atoms with E-state index in [9.17, 15) is 4.79 Å². The van der Waals surface area contributed by atoms with E-state index in [0.717, 1.165) is 69.9 Å². The van der Waals surface area contributed by atoms with Gasteiger partial charge in [-0.15, -0.1) is 0 Å². The molecule has 1 saturated heterocycles. The number of pyridine rings is 2. The van der Waals surface area contributed by atoms with Gasteiger partial charge in [-0.2, -0.15) is 0 Å². The first-order valence-electron chi connectivity index (χ1n) is 13.0. The standard InChI is InChI=1S/C28H23N7O2/c36-28-33-19-9-13(10-22(19)37-28)35-21-6-5-14(21)17-11-29-12-20-24(17)27(35)34-25(32-20)16-7-8-30-26-23(16)15-3-1-2-4-18(15)31-26/h1-4,7-8,11-14,19,21-22H,5-6,9-10H2,(H,30,31)(H,33,36). The van der Waals surface area contributed by atoms with Gasteiger partial charge in [0.05, 0.1) is 17.8 Å². The maximum absolute atomic E-state index is 11.8. The first kappa shape index (κ1) is 19.9. The lowest BCUT2D eigenvalue weighted by atomic mass is 9.71. The van der Waals surface area contributed by atoms with E-state index in [2.05, 4.69) is 37.3 Å². The van der Waals surface area contributed by atoms with E-state index in [1.165, 1.54) is 5.56 Å². The lowest BCUT2D eigenvalue weighted by Crippen LogP contribution is -2.53. The van der Waals surface area contributed by atoms with Crippen LogP contribution < -0.4 is 10.2 Å². The van der Waals surface area contributed by atoms with Crippen LogP contribution in [0.25, 0.3) is 44.2 Å². The van der Waals surface area contributed by atoms with Crippen molar-refractivity contribution in [3.05, 3.63) is 54.5 Å². The Morgan fingerprint density at radius 3 is 2.86 bits per heavy atom. The van der Waals surface area contributed by atoms with Gasteiger partial charge in [-0.25, -0.2) is 19.7 Å². The summed E-state index contributed by atoms with van der Waals surface area (Å²) in [4.78, 5) is 37.3. The molecule has 9 heteroatoms. The lowest BCUT2D eigenvalue weighted by molar-refractivity contribution is 0.135. The minimum absolute atomic E-state index is 0.0673. The van der Waals surface area contributed by atoms with Crippen molar-refractivity contribution >= 4 is 44.8 Å². The second-order valence-corrected chi connectivity index (χ2v) is 10.7. The third-order valence-corrected chi connectivity index (χ3v) is 8.93. The van der Waals surface area contributed by atoms with Crippen LogP contribution in [0.2, 0.25) is 0 Å². The van der Waals surface area contributed by atoms with Gasteiger partial charge in [-0.3, -0.25) is 4.98 Å². The predicted molar refractivity (Wildman–Crippen MR) is 138 cm³/mol. The van der Waals surface area contributed by atoms with Crippen molar-refractivity contribution in [2.75, 3.05) is 4.90 Å². The van der Waals surface area contributed by atoms with Crippen molar-refractivity contribution in [3.8, 4) is 11.4 Å². The molecule has 5 aromatic rings. The zero-order valence-corrected chi connectivity index (χ0v) is 19.9. The van der Waals surface area contributed by atoms with E-state index < -0.39 is 0 Å². The minimum atomic E-state index is -0.294. The number of ether oxygens (including phenoxy) is 1. The van der Waals surface area contributed by atoms with Crippen molar-refractivity contribution in [3.63, 3.8) is 0 Å². The number of hydrogen-bond donors (Lipinski definition) is 2. The highest BCUT2D eigenvalue weighted by Gasteiger charge is 2.51. The molecule has 6 heterocycles. The fraction of sp³-hybridized carbons (Fsp3) is 0.321. The Labute approximate surface area is 211 Å². The molecule has 4 aliphatic rings. The molecule has 1 aromatic carbocycles. The second kappa shape index (κ2) is 6.94. The normalized spacial score (nSPS) is 27.7. The van der Waals surface area contributed by atoms with Gasteiger partial charge in [-0.05, 0) is 37.0 Å². The predicted octanol–water partition coefficient (Wildman–Crippen LogP) is 4.43. The summed E-state index contributed by atoms with van der Waals surface area (Å²) in [5.74, 6) is 2.11. The molecule has 1 amide bonds. The summed E-state index contributed by atoms with van der Waals surface area (Å²) in [6, 6.07) is 11.0. The van der Waals surface area contributed by atoms with Crippen LogP contribution in [-0.4, -0.2) is 55.2 Å². The van der Waals surface area contributed by atoms with Gasteiger partial charge in [0.25, 0.3) is 0 Å². The molecule has 37 heavy (non-hydrogen) atoms. The fourth-order valence-corrected chi connectivity index (χ4v) is 7.22. The number of H-pyrrole nitrogens is 1. The molecule has 0 spiro atoms. The first-order valence-corrected chi connectivity index (χ1v) is 13.0. The van der Waals surface area contributed by atoms with Gasteiger partial charge in [0.2, 0.25) is 0 Å². The van der Waals surface area contributed by atoms with Gasteiger partial charge >= 0.3 is 6.09 Å². The van der Waals surface area contributed by atoms with Crippen LogP contribution in [0.5, 0.6) is 0 Å². The van der Waals surface area contributed by atoms with Crippen molar-refractivity contribution in [1.82, 2.24) is 30.2 Å². The van der Waals surface area contributed by atoms with Crippen LogP contribution in [0.15, 0.2) is 48.9 Å². The summed E-state index contributed by atoms with van der Waals surface area (Å²) in [6.45, 7) is 0. The maximum Gasteiger partial charge on any atom is 0.407 e. The number of alkyl carbamates (subject to hydrolysis) is 1. The Hall–Kier alpha value is -4.27. The van der Waals surface area contributed by atoms with Crippen molar-refractivity contribution < 1.29 is 9.53 Å². The lowest BCUT2D eigenvalue weighted by Gasteiger charge is -2.51. The fourth-order valence-electron chi connectivity index (χ4n) is 7.22. The average molecular weight is 490 g/mol. The van der Waals surface area contributed by atoms with Gasteiger partial charge in [0.1, 0.15) is 17.6 Å². The van der Waals surface area contributed by atoms with E-state index >= 15 is 0 Å². The number of fused-ring (bicyclic) bond motifs is 6. The number of hydrogen-bond acceptors (Lipinski definition) is 7. The zero-order chi connectivity index (χ0) is 24.2. The minimum Gasteiger partial charge on any atom is -0.444 e. The molecule has 182 valence electrons. The topological polar surface area (TPSA) is 109 Å². The van der Waals surface area contributed by atoms with Crippen LogP contribution in [0.1, 0.15) is 37.2 Å². The quantitative estimate of drug-likeness (QED) is 0.378. The summed E-state index contributed by atoms with van der Waals surface area (Å²) in [5, 5.41) is 6.26. The highest BCUT2D eigenvalue weighted by Crippen LogP contribution is 2.52. The molecule has 3 fully saturated rings. The number of amides is 1. The SMILES string of the molecule is O=C1NC2CC(N3c4nc(-c5ccnc6[nH]c7ccccc7c56)nc5cncc(c45)C4CCC43)CC2O1. The molecule has 2 aliphatic heterocycles. The molecule has 0 radical (unpaired) electrons. The van der Waals surface area contributed by atoms with Crippen molar-refractivity contribution in [2.24, 2.45) is 0 Å². The Kier molecular flexibility index (Phi) is 3.72. The van der Waals surface area contributed by atoms with Crippen molar-refractivity contribution in [2.45, 2.75) is 55.8 Å². The molecule has 2 aliphatic carbocycles. The molecule has 9 rings (SSSR count). The Balaban J connectivity index is 1.27. The third-order valence-electron chi connectivity index (χ3n) is 8.93. The smallest absolute Gasteiger partial charge is 0.407 e. The molecule has 9 nitrogen and oxygen atoms in total. The molecular weight excluding hydrogens is 466 g/mol. The molecule has 5 unspecified atom stereocenters. The van der Waals surface area contributed by atoms with Crippen molar-refractivity contribution in [1.29, 1.82) is 0 Å². The second-order valence-electron chi connectivity index (χ2n) is 10.7. The van der Waals surface area contributed by atoms with Gasteiger partial charge in [0.15, 0.2) is 5.82 Å². The highest BCUT2D eigenvalue weighted by molar-refractivity contribution is 6.12. The van der Waals surface area contributed by atoms with Crippen LogP contribution in [-0.2, 0) is 4.74 Å². The van der Waals surface area contributed by atoms with Gasteiger partial charge in [0, 0.05) is 64.1 Å². The monoisotopic (exact) mass is 489 g/mol. The number of aromatic nitrogens is 5. The zero-order valence-electron chi connectivity index (χ0n) is 19.9. The number of carbonyl (C=O) groups excluding carboxylic acids is 1. The number of nitrogens with zero attached hydrogens (tertiary/aromatic N) is 5. The van der Waals surface area contributed by atoms with E-state index in [1.807, 2.05) is 36.8 Å². The Morgan fingerprint density at radius 1 is 1.03 bits per heavy atom. The average Bonchev–Trinajstić information content (AvgIpc) is 3.56. The highest BCUT2D eigenvalue weighted by atomic mass is 16.6. The Morgan fingerprint density at radius 2 is 1.97 bits per heavy atom. The molecule has 5 atom stereocenters. The van der Waals surface area contributed by atoms with E-state index in [-0.39, 0.29) is 24.3 Å². The number of benzene rings is 1. The van der Waals surface area contributed by atoms with E-state index in [0.29, 0.717) is 17.8 Å². The summed E-state index contributed by atoms with van der Waals surface area (Å²) < 4.78 is 5.57. The number of aromatic amines is 1. The summed E-state index contributed by atoms with van der Waals surface area (Å²) >= 11 is 0. The maximum atomic E-state index is 11.8.